The number of carbonyl (C=O) groups is 1. The fourth-order valence-electron chi connectivity index (χ4n) is 1.60. The molecule has 94 valence electrons. The fraction of sp³-hybridized carbons (Fsp3) is 0.900. The quantitative estimate of drug-likeness (QED) is 0.667. The highest BCUT2D eigenvalue weighted by Gasteiger charge is 2.18. The molecule has 0 atom stereocenters. The molecule has 1 amide bonds. The van der Waals surface area contributed by atoms with E-state index in [0.717, 1.165) is 26.1 Å². The van der Waals surface area contributed by atoms with E-state index in [2.05, 4.69) is 4.90 Å². The molecule has 0 spiro atoms. The van der Waals surface area contributed by atoms with Crippen LogP contribution in [0.25, 0.3) is 0 Å². The number of amides is 1. The first-order valence-corrected chi connectivity index (χ1v) is 7.13. The van der Waals surface area contributed by atoms with Crippen molar-refractivity contribution in [2.24, 2.45) is 5.73 Å². The summed E-state index contributed by atoms with van der Waals surface area (Å²) in [7, 11) is 1.13. The van der Waals surface area contributed by atoms with E-state index in [1.165, 1.54) is 0 Å². The van der Waals surface area contributed by atoms with Gasteiger partial charge in [0.2, 0.25) is 5.91 Å². The van der Waals surface area contributed by atoms with Crippen LogP contribution in [0, 0.1) is 0 Å². The molecule has 0 aromatic heterocycles. The topological polar surface area (TPSA) is 66.6 Å². The molecule has 1 aliphatic rings. The van der Waals surface area contributed by atoms with Gasteiger partial charge in [-0.1, -0.05) is 0 Å². The molecule has 1 saturated heterocycles. The highest BCUT2D eigenvalue weighted by Crippen LogP contribution is 2.00. The average molecular weight is 247 g/mol. The first-order chi connectivity index (χ1) is 7.63. The van der Waals surface area contributed by atoms with Gasteiger partial charge in [-0.05, 0) is 13.0 Å². The minimum absolute atomic E-state index is 0.126. The van der Waals surface area contributed by atoms with Gasteiger partial charge in [0.15, 0.2) is 0 Å². The Morgan fingerprint density at radius 3 is 2.62 bits per heavy atom. The SMILES string of the molecule is CN(CCCN)C(=O)CN1CCS(=O)CC1. The molecule has 0 aliphatic carbocycles. The first-order valence-electron chi connectivity index (χ1n) is 5.65. The Morgan fingerprint density at radius 1 is 1.44 bits per heavy atom. The molecule has 1 aliphatic heterocycles. The molecule has 0 aromatic carbocycles. The molecular weight excluding hydrogens is 226 g/mol. The van der Waals surface area contributed by atoms with Crippen molar-refractivity contribution in [3.63, 3.8) is 0 Å². The van der Waals surface area contributed by atoms with Gasteiger partial charge in [-0.2, -0.15) is 0 Å². The highest BCUT2D eigenvalue weighted by molar-refractivity contribution is 7.85. The molecule has 1 rings (SSSR count). The van der Waals surface area contributed by atoms with Crippen molar-refractivity contribution >= 4 is 16.7 Å². The maximum Gasteiger partial charge on any atom is 0.236 e. The van der Waals surface area contributed by atoms with E-state index in [4.69, 9.17) is 5.73 Å². The third kappa shape index (κ3) is 4.59. The van der Waals surface area contributed by atoms with Crippen LogP contribution in [0.4, 0.5) is 0 Å². The van der Waals surface area contributed by atoms with Crippen LogP contribution >= 0.6 is 0 Å². The number of carbonyl (C=O) groups excluding carboxylic acids is 1. The third-order valence-electron chi connectivity index (χ3n) is 2.75. The van der Waals surface area contributed by atoms with Crippen molar-refractivity contribution in [1.29, 1.82) is 0 Å². The predicted octanol–water partition coefficient (Wildman–Crippen LogP) is -1.14. The van der Waals surface area contributed by atoms with E-state index >= 15 is 0 Å². The monoisotopic (exact) mass is 247 g/mol. The van der Waals surface area contributed by atoms with Crippen molar-refractivity contribution in [2.45, 2.75) is 6.42 Å². The van der Waals surface area contributed by atoms with Gasteiger partial charge in [0, 0.05) is 49.0 Å². The van der Waals surface area contributed by atoms with Gasteiger partial charge in [0.25, 0.3) is 0 Å². The van der Waals surface area contributed by atoms with Crippen LogP contribution in [0.2, 0.25) is 0 Å². The first kappa shape index (κ1) is 13.6. The molecular formula is C10H21N3O2S. The fourth-order valence-corrected chi connectivity index (χ4v) is 2.73. The molecule has 5 nitrogen and oxygen atoms in total. The maximum atomic E-state index is 11.8. The minimum Gasteiger partial charge on any atom is -0.345 e. The summed E-state index contributed by atoms with van der Waals surface area (Å²) in [6.45, 7) is 3.31. The summed E-state index contributed by atoms with van der Waals surface area (Å²) in [6.07, 6.45) is 0.840. The largest absolute Gasteiger partial charge is 0.345 e. The zero-order valence-corrected chi connectivity index (χ0v) is 10.7. The van der Waals surface area contributed by atoms with E-state index in [0.29, 0.717) is 24.6 Å². The van der Waals surface area contributed by atoms with Crippen LogP contribution in [0.1, 0.15) is 6.42 Å². The summed E-state index contributed by atoms with van der Waals surface area (Å²) in [6, 6.07) is 0. The molecule has 6 heteroatoms. The Kier molecular flexibility index (Phi) is 5.94. The van der Waals surface area contributed by atoms with Gasteiger partial charge < -0.3 is 10.6 Å². The number of nitrogens with two attached hydrogens (primary N) is 1. The minimum atomic E-state index is -0.674. The summed E-state index contributed by atoms with van der Waals surface area (Å²) >= 11 is 0. The maximum absolute atomic E-state index is 11.8. The Balaban J connectivity index is 2.25. The van der Waals surface area contributed by atoms with E-state index in [1.54, 1.807) is 11.9 Å². The second-order valence-electron chi connectivity index (χ2n) is 4.08. The van der Waals surface area contributed by atoms with Crippen LogP contribution < -0.4 is 5.73 Å². The lowest BCUT2D eigenvalue weighted by Gasteiger charge is -2.27. The third-order valence-corrected chi connectivity index (χ3v) is 4.03. The lowest BCUT2D eigenvalue weighted by Crippen LogP contribution is -2.44. The van der Waals surface area contributed by atoms with Gasteiger partial charge >= 0.3 is 0 Å². The molecule has 1 heterocycles. The lowest BCUT2D eigenvalue weighted by molar-refractivity contribution is -0.131. The normalized spacial score (nSPS) is 18.6. The zero-order valence-electron chi connectivity index (χ0n) is 9.85. The molecule has 0 unspecified atom stereocenters. The second kappa shape index (κ2) is 6.98. The molecule has 1 fully saturated rings. The number of rotatable bonds is 5. The summed E-state index contributed by atoms with van der Waals surface area (Å²) in [5.74, 6) is 1.51. The number of nitrogens with zero attached hydrogens (tertiary/aromatic N) is 2. The predicted molar refractivity (Wildman–Crippen MR) is 65.6 cm³/mol. The van der Waals surface area contributed by atoms with E-state index in [-0.39, 0.29) is 5.91 Å². The van der Waals surface area contributed by atoms with Gasteiger partial charge in [-0.3, -0.25) is 13.9 Å². The van der Waals surface area contributed by atoms with Crippen molar-refractivity contribution in [3.05, 3.63) is 0 Å². The van der Waals surface area contributed by atoms with E-state index in [1.807, 2.05) is 0 Å². The van der Waals surface area contributed by atoms with Crippen molar-refractivity contribution in [2.75, 3.05) is 51.3 Å². The van der Waals surface area contributed by atoms with Crippen molar-refractivity contribution in [1.82, 2.24) is 9.80 Å². The molecule has 2 N–H and O–H groups in total. The lowest BCUT2D eigenvalue weighted by atomic mass is 10.3. The Labute approximate surface area is 99.4 Å². The number of hydrogen-bond donors (Lipinski definition) is 1. The van der Waals surface area contributed by atoms with E-state index in [9.17, 15) is 9.00 Å². The van der Waals surface area contributed by atoms with Crippen LogP contribution in [0.5, 0.6) is 0 Å². The summed E-state index contributed by atoms with van der Waals surface area (Å²) in [4.78, 5) is 15.6. The van der Waals surface area contributed by atoms with Gasteiger partial charge in [-0.15, -0.1) is 0 Å². The highest BCUT2D eigenvalue weighted by atomic mass is 32.2. The van der Waals surface area contributed by atoms with E-state index < -0.39 is 10.8 Å². The Hall–Kier alpha value is -0.460. The Morgan fingerprint density at radius 2 is 2.06 bits per heavy atom. The summed E-state index contributed by atoms with van der Waals surface area (Å²) in [5, 5.41) is 0. The second-order valence-corrected chi connectivity index (χ2v) is 5.78. The van der Waals surface area contributed by atoms with Gasteiger partial charge in [-0.25, -0.2) is 0 Å². The van der Waals surface area contributed by atoms with Gasteiger partial charge in [0.05, 0.1) is 6.54 Å². The van der Waals surface area contributed by atoms with Crippen LogP contribution in [-0.2, 0) is 15.6 Å². The summed E-state index contributed by atoms with van der Waals surface area (Å²) < 4.78 is 11.1. The molecule has 0 aromatic rings. The number of likely N-dealkylation sites (N-methyl/N-ethyl adjacent to an activating group) is 1. The van der Waals surface area contributed by atoms with Gasteiger partial charge in [0.1, 0.15) is 0 Å². The number of hydrogen-bond acceptors (Lipinski definition) is 4. The Bertz CT molecular complexity index is 250. The average Bonchev–Trinajstić information content (AvgIpc) is 2.29. The standard InChI is InChI=1S/C10H21N3O2S/c1-12(4-2-3-11)10(14)9-13-5-7-16(15)8-6-13/h2-9,11H2,1H3. The smallest absolute Gasteiger partial charge is 0.236 e. The summed E-state index contributed by atoms with van der Waals surface area (Å²) in [5.41, 5.74) is 5.39. The molecule has 0 saturated carbocycles. The molecule has 0 radical (unpaired) electrons. The van der Waals surface area contributed by atoms with Crippen LogP contribution in [0.15, 0.2) is 0 Å². The zero-order chi connectivity index (χ0) is 12.0. The van der Waals surface area contributed by atoms with Crippen molar-refractivity contribution in [3.8, 4) is 0 Å². The van der Waals surface area contributed by atoms with Crippen molar-refractivity contribution < 1.29 is 9.00 Å². The van der Waals surface area contributed by atoms with Crippen LogP contribution in [0.3, 0.4) is 0 Å². The molecule has 0 bridgehead atoms. The van der Waals surface area contributed by atoms with Crippen LogP contribution in [-0.4, -0.2) is 71.2 Å². The molecule has 16 heavy (non-hydrogen) atoms.